The number of hydrogen-bond donors (Lipinski definition) is 2. The van der Waals surface area contributed by atoms with Gasteiger partial charge < -0.3 is 10.4 Å². The second kappa shape index (κ2) is 6.06. The largest absolute Gasteiger partial charge is 0.396 e. The van der Waals surface area contributed by atoms with E-state index in [2.05, 4.69) is 71.1 Å². The number of aliphatic hydroxyl groups excluding tert-OH is 1. The molecule has 0 bridgehead atoms. The van der Waals surface area contributed by atoms with Crippen LogP contribution in [0.15, 0.2) is 24.3 Å². The molecular weight excluding hydrogens is 234 g/mol. The Hall–Kier alpha value is -0.860. The lowest BCUT2D eigenvalue weighted by Crippen LogP contribution is -2.33. The van der Waals surface area contributed by atoms with Crippen LogP contribution in [0.2, 0.25) is 0 Å². The molecule has 2 N–H and O–H groups in total. The van der Waals surface area contributed by atoms with Gasteiger partial charge in [-0.1, -0.05) is 58.9 Å². The van der Waals surface area contributed by atoms with Crippen molar-refractivity contribution in [2.75, 3.05) is 13.2 Å². The van der Waals surface area contributed by atoms with Crippen LogP contribution in [-0.4, -0.2) is 18.3 Å². The average Bonchev–Trinajstić information content (AvgIpc) is 2.35. The first-order valence-electron chi connectivity index (χ1n) is 7.10. The molecule has 2 heteroatoms. The van der Waals surface area contributed by atoms with Crippen molar-refractivity contribution in [3.63, 3.8) is 0 Å². The van der Waals surface area contributed by atoms with Crippen LogP contribution in [0.25, 0.3) is 0 Å². The first-order chi connectivity index (χ1) is 8.65. The molecule has 108 valence electrons. The SMILES string of the molecule is CC(NCC(C)(C)CO)c1ccc(C(C)(C)C)cc1. The first-order valence-corrected chi connectivity index (χ1v) is 7.10. The molecule has 1 aromatic rings. The summed E-state index contributed by atoms with van der Waals surface area (Å²) in [4.78, 5) is 0. The summed E-state index contributed by atoms with van der Waals surface area (Å²) < 4.78 is 0. The molecule has 1 rings (SSSR count). The highest BCUT2D eigenvalue weighted by molar-refractivity contribution is 5.29. The molecule has 0 aliphatic rings. The molecule has 0 amide bonds. The maximum Gasteiger partial charge on any atom is 0.0494 e. The zero-order valence-corrected chi connectivity index (χ0v) is 13.2. The molecule has 0 aliphatic carbocycles. The maximum atomic E-state index is 9.26. The van der Waals surface area contributed by atoms with Gasteiger partial charge in [0.2, 0.25) is 0 Å². The van der Waals surface area contributed by atoms with Crippen molar-refractivity contribution < 1.29 is 5.11 Å². The highest BCUT2D eigenvalue weighted by atomic mass is 16.3. The van der Waals surface area contributed by atoms with E-state index >= 15 is 0 Å². The third-order valence-corrected chi connectivity index (χ3v) is 3.59. The van der Waals surface area contributed by atoms with Crippen molar-refractivity contribution in [2.45, 2.75) is 53.0 Å². The fraction of sp³-hybridized carbons (Fsp3) is 0.647. The third kappa shape index (κ3) is 4.96. The lowest BCUT2D eigenvalue weighted by Gasteiger charge is -2.25. The van der Waals surface area contributed by atoms with Gasteiger partial charge >= 0.3 is 0 Å². The highest BCUT2D eigenvalue weighted by Gasteiger charge is 2.18. The predicted molar refractivity (Wildman–Crippen MR) is 82.4 cm³/mol. The van der Waals surface area contributed by atoms with Crippen LogP contribution in [0.1, 0.15) is 58.7 Å². The van der Waals surface area contributed by atoms with Gasteiger partial charge in [-0.2, -0.15) is 0 Å². The predicted octanol–water partition coefficient (Wildman–Crippen LogP) is 3.65. The van der Waals surface area contributed by atoms with Crippen LogP contribution in [0.4, 0.5) is 0 Å². The van der Waals surface area contributed by atoms with Crippen molar-refractivity contribution in [2.24, 2.45) is 5.41 Å². The molecule has 0 spiro atoms. The topological polar surface area (TPSA) is 32.3 Å². The Morgan fingerprint density at radius 1 is 1.05 bits per heavy atom. The quantitative estimate of drug-likeness (QED) is 0.850. The van der Waals surface area contributed by atoms with Gasteiger partial charge in [-0.25, -0.2) is 0 Å². The van der Waals surface area contributed by atoms with E-state index in [-0.39, 0.29) is 17.4 Å². The summed E-state index contributed by atoms with van der Waals surface area (Å²) in [6, 6.07) is 9.13. The summed E-state index contributed by atoms with van der Waals surface area (Å²) in [5.74, 6) is 0. The summed E-state index contributed by atoms with van der Waals surface area (Å²) >= 11 is 0. The maximum absolute atomic E-state index is 9.26. The van der Waals surface area contributed by atoms with Gasteiger partial charge in [0.05, 0.1) is 0 Å². The van der Waals surface area contributed by atoms with Gasteiger partial charge in [0.1, 0.15) is 0 Å². The van der Waals surface area contributed by atoms with Gasteiger partial charge in [0.15, 0.2) is 0 Å². The molecule has 0 radical (unpaired) electrons. The molecule has 0 saturated carbocycles. The molecule has 19 heavy (non-hydrogen) atoms. The van der Waals surface area contributed by atoms with Crippen LogP contribution in [0.3, 0.4) is 0 Å². The number of rotatable bonds is 5. The zero-order valence-electron chi connectivity index (χ0n) is 13.2. The van der Waals surface area contributed by atoms with E-state index < -0.39 is 0 Å². The molecule has 1 atom stereocenters. The Kier molecular flexibility index (Phi) is 5.17. The minimum atomic E-state index is -0.0698. The van der Waals surface area contributed by atoms with Crippen LogP contribution in [-0.2, 0) is 5.41 Å². The summed E-state index contributed by atoms with van der Waals surface area (Å²) in [7, 11) is 0. The van der Waals surface area contributed by atoms with Crippen LogP contribution >= 0.6 is 0 Å². The van der Waals surface area contributed by atoms with Crippen molar-refractivity contribution in [1.29, 1.82) is 0 Å². The van der Waals surface area contributed by atoms with Crippen molar-refractivity contribution in [1.82, 2.24) is 5.32 Å². The monoisotopic (exact) mass is 263 g/mol. The minimum absolute atomic E-state index is 0.0698. The minimum Gasteiger partial charge on any atom is -0.396 e. The smallest absolute Gasteiger partial charge is 0.0494 e. The normalized spacial score (nSPS) is 14.5. The molecule has 0 heterocycles. The Morgan fingerprint density at radius 2 is 1.58 bits per heavy atom. The zero-order chi connectivity index (χ0) is 14.7. The molecule has 1 unspecified atom stereocenters. The fourth-order valence-corrected chi connectivity index (χ4v) is 1.87. The second-order valence-corrected chi connectivity index (χ2v) is 7.30. The standard InChI is InChI=1S/C17H29NO/c1-13(18-11-17(5,6)12-19)14-7-9-15(10-8-14)16(2,3)4/h7-10,13,18-19H,11-12H2,1-6H3. The Bertz CT molecular complexity index is 387. The third-order valence-electron chi connectivity index (χ3n) is 3.59. The molecule has 1 aromatic carbocycles. The number of aliphatic hydroxyl groups is 1. The molecule has 2 nitrogen and oxygen atoms in total. The number of hydrogen-bond acceptors (Lipinski definition) is 2. The van der Waals surface area contributed by atoms with Gasteiger partial charge in [0.25, 0.3) is 0 Å². The first kappa shape index (κ1) is 16.2. The van der Waals surface area contributed by atoms with E-state index in [1.165, 1.54) is 11.1 Å². The highest BCUT2D eigenvalue weighted by Crippen LogP contribution is 2.24. The Labute approximate surface area is 118 Å². The summed E-state index contributed by atoms with van der Waals surface area (Å²) in [6.07, 6.45) is 0. The second-order valence-electron chi connectivity index (χ2n) is 7.30. The van der Waals surface area contributed by atoms with E-state index in [4.69, 9.17) is 0 Å². The van der Waals surface area contributed by atoms with Crippen molar-refractivity contribution in [3.8, 4) is 0 Å². The summed E-state index contributed by atoms with van der Waals surface area (Å²) in [5, 5.41) is 12.8. The summed E-state index contributed by atoms with van der Waals surface area (Å²) in [6.45, 7) is 14.0. The molecule has 0 fully saturated rings. The molecule has 0 saturated heterocycles. The number of benzene rings is 1. The number of nitrogens with one attached hydrogen (secondary N) is 1. The van der Waals surface area contributed by atoms with Crippen molar-refractivity contribution in [3.05, 3.63) is 35.4 Å². The fourth-order valence-electron chi connectivity index (χ4n) is 1.87. The van der Waals surface area contributed by atoms with Gasteiger partial charge in [-0.3, -0.25) is 0 Å². The van der Waals surface area contributed by atoms with Crippen molar-refractivity contribution >= 4 is 0 Å². The van der Waals surface area contributed by atoms with E-state index in [1.807, 2.05) is 0 Å². The van der Waals surface area contributed by atoms with Gasteiger partial charge in [-0.05, 0) is 23.5 Å². The lowest BCUT2D eigenvalue weighted by molar-refractivity contribution is 0.154. The van der Waals surface area contributed by atoms with Crippen LogP contribution in [0.5, 0.6) is 0 Å². The molecule has 0 aliphatic heterocycles. The Balaban J connectivity index is 2.66. The Morgan fingerprint density at radius 3 is 2.00 bits per heavy atom. The van der Waals surface area contributed by atoms with Crippen LogP contribution < -0.4 is 5.32 Å². The van der Waals surface area contributed by atoms with E-state index in [0.717, 1.165) is 6.54 Å². The average molecular weight is 263 g/mol. The van der Waals surface area contributed by atoms with E-state index in [9.17, 15) is 5.11 Å². The molecular formula is C17H29NO. The van der Waals surface area contributed by atoms with Crippen LogP contribution in [0, 0.1) is 5.41 Å². The van der Waals surface area contributed by atoms with E-state index in [1.54, 1.807) is 0 Å². The molecule has 0 aromatic heterocycles. The van der Waals surface area contributed by atoms with Gasteiger partial charge in [0, 0.05) is 24.6 Å². The summed E-state index contributed by atoms with van der Waals surface area (Å²) in [5.41, 5.74) is 2.79. The lowest BCUT2D eigenvalue weighted by atomic mass is 9.86. The van der Waals surface area contributed by atoms with E-state index in [0.29, 0.717) is 6.04 Å². The van der Waals surface area contributed by atoms with Gasteiger partial charge in [-0.15, -0.1) is 0 Å².